The van der Waals surface area contributed by atoms with E-state index >= 15 is 0 Å². The number of para-hydroxylation sites is 1. The summed E-state index contributed by atoms with van der Waals surface area (Å²) in [7, 11) is 1.53. The van der Waals surface area contributed by atoms with Gasteiger partial charge >= 0.3 is 5.97 Å². The van der Waals surface area contributed by atoms with E-state index in [0.29, 0.717) is 16.8 Å². The quantitative estimate of drug-likeness (QED) is 0.706. The van der Waals surface area contributed by atoms with Crippen LogP contribution in [0.1, 0.15) is 11.9 Å². The largest absolute Gasteiger partial charge is 0.494 e. The summed E-state index contributed by atoms with van der Waals surface area (Å²) in [6.45, 7) is 0. The van der Waals surface area contributed by atoms with Crippen LogP contribution in [0.15, 0.2) is 18.2 Å². The molecule has 0 radical (unpaired) electrons. The van der Waals surface area contributed by atoms with Crippen molar-refractivity contribution in [3.63, 3.8) is 0 Å². The van der Waals surface area contributed by atoms with Gasteiger partial charge in [0.2, 0.25) is 0 Å². The number of carbonyl (C=O) groups is 1. The van der Waals surface area contributed by atoms with Crippen molar-refractivity contribution in [2.75, 3.05) is 7.11 Å². The number of aromatic amines is 1. The molecule has 0 aliphatic heterocycles. The predicted molar refractivity (Wildman–Crippen MR) is 57.2 cm³/mol. The van der Waals surface area contributed by atoms with Gasteiger partial charge in [0.25, 0.3) is 0 Å². The molecule has 2 rings (SSSR count). The van der Waals surface area contributed by atoms with Crippen LogP contribution in [0.25, 0.3) is 11.0 Å². The molecule has 1 unspecified atom stereocenters. The molecule has 6 nitrogen and oxygen atoms in total. The molecular weight excluding hydrogens is 210 g/mol. The van der Waals surface area contributed by atoms with Gasteiger partial charge in [0.15, 0.2) is 6.04 Å². The van der Waals surface area contributed by atoms with Crippen LogP contribution in [-0.4, -0.2) is 28.2 Å². The number of fused-ring (bicyclic) bond motifs is 1. The van der Waals surface area contributed by atoms with Crippen LogP contribution in [0, 0.1) is 0 Å². The third-order valence-electron chi connectivity index (χ3n) is 2.27. The zero-order valence-corrected chi connectivity index (χ0v) is 8.60. The van der Waals surface area contributed by atoms with E-state index in [4.69, 9.17) is 15.6 Å². The number of nitrogens with zero attached hydrogens (tertiary/aromatic N) is 1. The van der Waals surface area contributed by atoms with E-state index in [1.807, 2.05) is 0 Å². The second-order valence-electron chi connectivity index (χ2n) is 3.29. The number of imidazole rings is 1. The maximum atomic E-state index is 10.7. The molecule has 6 heteroatoms. The Balaban J connectivity index is 2.55. The Morgan fingerprint density at radius 1 is 1.62 bits per heavy atom. The van der Waals surface area contributed by atoms with Crippen LogP contribution in [0.3, 0.4) is 0 Å². The van der Waals surface area contributed by atoms with Crippen molar-refractivity contribution in [2.24, 2.45) is 5.73 Å². The van der Waals surface area contributed by atoms with Gasteiger partial charge in [0.1, 0.15) is 17.1 Å². The van der Waals surface area contributed by atoms with E-state index in [1.54, 1.807) is 18.2 Å². The summed E-state index contributed by atoms with van der Waals surface area (Å²) in [5, 5.41) is 8.77. The minimum atomic E-state index is -1.16. The third kappa shape index (κ3) is 1.59. The summed E-state index contributed by atoms with van der Waals surface area (Å²) >= 11 is 0. The van der Waals surface area contributed by atoms with Gasteiger partial charge < -0.3 is 20.6 Å². The highest BCUT2D eigenvalue weighted by atomic mass is 16.5. The number of nitrogens with two attached hydrogens (primary N) is 1. The normalized spacial score (nSPS) is 12.6. The molecule has 84 valence electrons. The molecule has 0 aliphatic carbocycles. The van der Waals surface area contributed by atoms with Crippen molar-refractivity contribution in [3.8, 4) is 5.75 Å². The Hall–Kier alpha value is -2.08. The Labute approximate surface area is 91.0 Å². The van der Waals surface area contributed by atoms with Gasteiger partial charge in [-0.25, -0.2) is 4.98 Å². The van der Waals surface area contributed by atoms with E-state index in [-0.39, 0.29) is 5.82 Å². The van der Waals surface area contributed by atoms with Gasteiger partial charge in [0.05, 0.1) is 12.6 Å². The van der Waals surface area contributed by atoms with Crippen LogP contribution < -0.4 is 10.5 Å². The van der Waals surface area contributed by atoms with Crippen molar-refractivity contribution in [3.05, 3.63) is 24.0 Å². The maximum Gasteiger partial charge on any atom is 0.328 e. The molecule has 0 bridgehead atoms. The summed E-state index contributed by atoms with van der Waals surface area (Å²) in [5.41, 5.74) is 6.74. The number of hydrogen-bond donors (Lipinski definition) is 3. The van der Waals surface area contributed by atoms with E-state index in [9.17, 15) is 4.79 Å². The van der Waals surface area contributed by atoms with Gasteiger partial charge in [-0.15, -0.1) is 0 Å². The van der Waals surface area contributed by atoms with Gasteiger partial charge in [-0.05, 0) is 12.1 Å². The lowest BCUT2D eigenvalue weighted by Crippen LogP contribution is -2.21. The van der Waals surface area contributed by atoms with Crippen LogP contribution in [0.4, 0.5) is 0 Å². The highest BCUT2D eigenvalue weighted by Gasteiger charge is 2.19. The number of carboxylic acids is 1. The average molecular weight is 221 g/mol. The molecule has 1 aromatic carbocycles. The Morgan fingerprint density at radius 3 is 3.00 bits per heavy atom. The standard InChI is InChI=1S/C10H11N3O3/c1-16-6-4-2-3-5-8(6)13-9(12-5)7(11)10(14)15/h2-4,7H,11H2,1H3,(H,12,13)(H,14,15). The first-order valence-electron chi connectivity index (χ1n) is 4.64. The average Bonchev–Trinajstić information content (AvgIpc) is 2.70. The Kier molecular flexibility index (Phi) is 2.49. The van der Waals surface area contributed by atoms with Crippen molar-refractivity contribution < 1.29 is 14.6 Å². The molecule has 1 atom stereocenters. The first kappa shape index (κ1) is 10.4. The van der Waals surface area contributed by atoms with Crippen LogP contribution in [-0.2, 0) is 4.79 Å². The lowest BCUT2D eigenvalue weighted by Gasteiger charge is -2.00. The first-order valence-corrected chi connectivity index (χ1v) is 4.64. The molecule has 4 N–H and O–H groups in total. The van der Waals surface area contributed by atoms with Crippen molar-refractivity contribution in [2.45, 2.75) is 6.04 Å². The molecule has 0 fully saturated rings. The monoisotopic (exact) mass is 221 g/mol. The van der Waals surface area contributed by atoms with Gasteiger partial charge in [-0.2, -0.15) is 0 Å². The molecule has 16 heavy (non-hydrogen) atoms. The summed E-state index contributed by atoms with van der Waals surface area (Å²) in [4.78, 5) is 17.7. The number of rotatable bonds is 3. The molecule has 0 aliphatic rings. The second-order valence-corrected chi connectivity index (χ2v) is 3.29. The van der Waals surface area contributed by atoms with Crippen LogP contribution in [0.5, 0.6) is 5.75 Å². The van der Waals surface area contributed by atoms with E-state index in [0.717, 1.165) is 0 Å². The fourth-order valence-electron chi connectivity index (χ4n) is 1.45. The highest BCUT2D eigenvalue weighted by molar-refractivity contribution is 5.83. The van der Waals surface area contributed by atoms with Crippen LogP contribution >= 0.6 is 0 Å². The number of carboxylic acid groups (broad SMARTS) is 1. The number of hydrogen-bond acceptors (Lipinski definition) is 4. The summed E-state index contributed by atoms with van der Waals surface area (Å²) < 4.78 is 5.11. The SMILES string of the molecule is COc1cccc2[nH]c(C(N)C(=O)O)nc12. The Morgan fingerprint density at radius 2 is 2.38 bits per heavy atom. The number of benzene rings is 1. The second kappa shape index (κ2) is 3.82. The highest BCUT2D eigenvalue weighted by Crippen LogP contribution is 2.24. The number of ether oxygens (including phenoxy) is 1. The number of aromatic nitrogens is 2. The number of H-pyrrole nitrogens is 1. The molecule has 2 aromatic rings. The van der Waals surface area contributed by atoms with E-state index in [2.05, 4.69) is 9.97 Å². The molecule has 0 spiro atoms. The topological polar surface area (TPSA) is 101 Å². The zero-order chi connectivity index (χ0) is 11.7. The molecule has 0 amide bonds. The van der Waals surface area contributed by atoms with Crippen molar-refractivity contribution >= 4 is 17.0 Å². The summed E-state index contributed by atoms with van der Waals surface area (Å²) in [6, 6.07) is 4.16. The smallest absolute Gasteiger partial charge is 0.328 e. The van der Waals surface area contributed by atoms with Crippen molar-refractivity contribution in [1.29, 1.82) is 0 Å². The van der Waals surface area contributed by atoms with Crippen molar-refractivity contribution in [1.82, 2.24) is 9.97 Å². The maximum absolute atomic E-state index is 10.7. The summed E-state index contributed by atoms with van der Waals surface area (Å²) in [6.07, 6.45) is 0. The minimum Gasteiger partial charge on any atom is -0.494 e. The number of nitrogens with one attached hydrogen (secondary N) is 1. The predicted octanol–water partition coefficient (Wildman–Crippen LogP) is 0.656. The third-order valence-corrected chi connectivity index (χ3v) is 2.27. The number of methoxy groups -OCH3 is 1. The molecule has 0 saturated carbocycles. The first-order chi connectivity index (χ1) is 7.63. The van der Waals surface area contributed by atoms with E-state index < -0.39 is 12.0 Å². The summed E-state index contributed by atoms with van der Waals surface area (Å²) in [5.74, 6) is -0.331. The molecule has 1 heterocycles. The fraction of sp³-hybridized carbons (Fsp3) is 0.200. The molecule has 0 saturated heterocycles. The molecule has 1 aromatic heterocycles. The Bertz CT molecular complexity index is 535. The minimum absolute atomic E-state index is 0.215. The molecular formula is C10H11N3O3. The lowest BCUT2D eigenvalue weighted by atomic mass is 10.3. The van der Waals surface area contributed by atoms with E-state index in [1.165, 1.54) is 7.11 Å². The number of aliphatic carboxylic acids is 1. The fourth-order valence-corrected chi connectivity index (χ4v) is 1.45. The van der Waals surface area contributed by atoms with Gasteiger partial charge in [-0.3, -0.25) is 4.79 Å². The van der Waals surface area contributed by atoms with Gasteiger partial charge in [0, 0.05) is 0 Å². The lowest BCUT2D eigenvalue weighted by molar-refractivity contribution is -0.138. The zero-order valence-electron chi connectivity index (χ0n) is 8.60. The van der Waals surface area contributed by atoms with Crippen LogP contribution in [0.2, 0.25) is 0 Å². The van der Waals surface area contributed by atoms with Gasteiger partial charge in [-0.1, -0.05) is 6.07 Å².